The number of aromatic hydroxyl groups is 1. The van der Waals surface area contributed by atoms with E-state index in [2.05, 4.69) is 4.90 Å². The topological polar surface area (TPSA) is 49.5 Å². The summed E-state index contributed by atoms with van der Waals surface area (Å²) in [6.45, 7) is 0.754. The van der Waals surface area contributed by atoms with Crippen LogP contribution in [0.2, 0.25) is 5.02 Å². The second-order valence-electron chi connectivity index (χ2n) is 4.81. The molecule has 0 heterocycles. The summed E-state index contributed by atoms with van der Waals surface area (Å²) in [6.07, 6.45) is 0. The summed E-state index contributed by atoms with van der Waals surface area (Å²) in [5.74, 6) is 0.273. The molecule has 0 aliphatic rings. The maximum atomic E-state index is 9.64. The zero-order valence-corrected chi connectivity index (χ0v) is 13.0. The molecule has 106 valence electrons. The van der Waals surface area contributed by atoms with Gasteiger partial charge in [-0.15, -0.1) is 0 Å². The first kappa shape index (κ1) is 15.0. The molecule has 20 heavy (non-hydrogen) atoms. The molecule has 5 heteroatoms. The Morgan fingerprint density at radius 2 is 1.85 bits per heavy atom. The lowest BCUT2D eigenvalue weighted by Gasteiger charge is -2.15. The number of nitrogens with zero attached hydrogens (tertiary/aromatic N) is 1. The van der Waals surface area contributed by atoms with Crippen molar-refractivity contribution in [2.24, 2.45) is 0 Å². The maximum Gasteiger partial charge on any atom is 0.115 e. The van der Waals surface area contributed by atoms with E-state index in [9.17, 15) is 5.11 Å². The number of nitrogen functional groups attached to an aromatic ring is 1. The normalized spacial score (nSPS) is 11.0. The van der Waals surface area contributed by atoms with Crippen LogP contribution in [0.25, 0.3) is 0 Å². The van der Waals surface area contributed by atoms with Gasteiger partial charge >= 0.3 is 0 Å². The molecule has 3 N–H and O–H groups in total. The highest BCUT2D eigenvalue weighted by Gasteiger charge is 2.09. The number of hydrogen-bond acceptors (Lipinski definition) is 4. The Bertz CT molecular complexity index is 617. The second kappa shape index (κ2) is 6.39. The monoisotopic (exact) mass is 308 g/mol. The Balaban J connectivity index is 2.32. The lowest BCUT2D eigenvalue weighted by molar-refractivity contribution is 0.397. The van der Waals surface area contributed by atoms with Crippen molar-refractivity contribution in [2.45, 2.75) is 16.3 Å². The summed E-state index contributed by atoms with van der Waals surface area (Å²) in [6, 6.07) is 10.9. The Kier molecular flexibility index (Phi) is 4.81. The van der Waals surface area contributed by atoms with Gasteiger partial charge in [0, 0.05) is 27.0 Å². The van der Waals surface area contributed by atoms with Crippen LogP contribution in [0.4, 0.5) is 5.69 Å². The fourth-order valence-corrected chi connectivity index (χ4v) is 2.98. The number of rotatable bonds is 4. The third-order valence-electron chi connectivity index (χ3n) is 2.72. The minimum absolute atomic E-state index is 0.273. The first-order valence-electron chi connectivity index (χ1n) is 6.15. The van der Waals surface area contributed by atoms with Gasteiger partial charge in [-0.1, -0.05) is 23.4 Å². The van der Waals surface area contributed by atoms with Crippen LogP contribution in [0.3, 0.4) is 0 Å². The van der Waals surface area contributed by atoms with Gasteiger partial charge in [-0.3, -0.25) is 0 Å². The fourth-order valence-electron chi connectivity index (χ4n) is 1.86. The van der Waals surface area contributed by atoms with E-state index < -0.39 is 0 Å². The first-order valence-corrected chi connectivity index (χ1v) is 7.34. The Hall–Kier alpha value is -1.36. The predicted molar refractivity (Wildman–Crippen MR) is 85.5 cm³/mol. The summed E-state index contributed by atoms with van der Waals surface area (Å²) >= 11 is 7.49. The van der Waals surface area contributed by atoms with E-state index in [1.807, 2.05) is 32.3 Å². The molecule has 0 bridgehead atoms. The first-order chi connectivity index (χ1) is 9.45. The highest BCUT2D eigenvalue weighted by molar-refractivity contribution is 7.99. The minimum atomic E-state index is 0.273. The molecule has 2 aromatic rings. The Morgan fingerprint density at radius 1 is 1.15 bits per heavy atom. The maximum absolute atomic E-state index is 9.64. The highest BCUT2D eigenvalue weighted by atomic mass is 35.5. The highest BCUT2D eigenvalue weighted by Crippen LogP contribution is 2.36. The molecule has 0 saturated carbocycles. The summed E-state index contributed by atoms with van der Waals surface area (Å²) in [4.78, 5) is 4.09. The molecule has 0 amide bonds. The molecule has 0 saturated heterocycles. The van der Waals surface area contributed by atoms with E-state index in [-0.39, 0.29) is 5.75 Å². The number of phenolic OH excluding ortho intramolecular Hbond substituents is 1. The molecule has 3 nitrogen and oxygen atoms in total. The van der Waals surface area contributed by atoms with E-state index in [1.165, 1.54) is 0 Å². The van der Waals surface area contributed by atoms with Crippen molar-refractivity contribution in [3.8, 4) is 5.75 Å². The van der Waals surface area contributed by atoms with Crippen molar-refractivity contribution in [1.82, 2.24) is 4.90 Å². The third kappa shape index (κ3) is 3.82. The standard InChI is InChI=1S/C15H17ClN2OS/c1-18(2)9-10-7-12(19)4-6-14(10)20-15-5-3-11(16)8-13(15)17/h3-8,19H,9,17H2,1-2H3. The van der Waals surface area contributed by atoms with Crippen molar-refractivity contribution < 1.29 is 5.11 Å². The van der Waals surface area contributed by atoms with Crippen LogP contribution in [0.5, 0.6) is 5.75 Å². The molecule has 0 atom stereocenters. The van der Waals surface area contributed by atoms with Crippen LogP contribution in [0, 0.1) is 0 Å². The molecule has 2 aromatic carbocycles. The van der Waals surface area contributed by atoms with E-state index in [4.69, 9.17) is 17.3 Å². The number of anilines is 1. The number of nitrogens with two attached hydrogens (primary N) is 1. The van der Waals surface area contributed by atoms with Gasteiger partial charge in [-0.25, -0.2) is 0 Å². The third-order valence-corrected chi connectivity index (χ3v) is 4.17. The number of halogens is 1. The molecule has 0 spiro atoms. The average molecular weight is 309 g/mol. The van der Waals surface area contributed by atoms with E-state index in [0.29, 0.717) is 10.7 Å². The van der Waals surface area contributed by atoms with Crippen LogP contribution in [0.1, 0.15) is 5.56 Å². The second-order valence-corrected chi connectivity index (χ2v) is 6.33. The number of benzene rings is 2. The van der Waals surface area contributed by atoms with Crippen LogP contribution < -0.4 is 5.73 Å². The van der Waals surface area contributed by atoms with Crippen molar-refractivity contribution in [1.29, 1.82) is 0 Å². The molecule has 0 aliphatic heterocycles. The molecule has 0 aliphatic carbocycles. The van der Waals surface area contributed by atoms with Crippen LogP contribution in [-0.2, 0) is 6.54 Å². The van der Waals surface area contributed by atoms with Gasteiger partial charge in [0.1, 0.15) is 5.75 Å². The molecule has 0 radical (unpaired) electrons. The Morgan fingerprint density at radius 3 is 2.50 bits per heavy atom. The van der Waals surface area contributed by atoms with Gasteiger partial charge in [0.15, 0.2) is 0 Å². The van der Waals surface area contributed by atoms with Crippen molar-refractivity contribution >= 4 is 29.1 Å². The molecular weight excluding hydrogens is 292 g/mol. The molecule has 0 fully saturated rings. The van der Waals surface area contributed by atoms with Crippen LogP contribution in [0.15, 0.2) is 46.2 Å². The minimum Gasteiger partial charge on any atom is -0.508 e. The number of hydrogen-bond donors (Lipinski definition) is 2. The summed E-state index contributed by atoms with van der Waals surface area (Å²) in [5, 5.41) is 10.3. The van der Waals surface area contributed by atoms with Crippen LogP contribution in [-0.4, -0.2) is 24.1 Å². The summed E-state index contributed by atoms with van der Waals surface area (Å²) < 4.78 is 0. The van der Waals surface area contributed by atoms with E-state index in [0.717, 1.165) is 21.9 Å². The van der Waals surface area contributed by atoms with Crippen LogP contribution >= 0.6 is 23.4 Å². The number of phenols is 1. The van der Waals surface area contributed by atoms with Gasteiger partial charge in [0.05, 0.1) is 0 Å². The lowest BCUT2D eigenvalue weighted by Crippen LogP contribution is -2.11. The van der Waals surface area contributed by atoms with Gasteiger partial charge in [0.2, 0.25) is 0 Å². The lowest BCUT2D eigenvalue weighted by atomic mass is 10.2. The Labute approximate surface area is 128 Å². The van der Waals surface area contributed by atoms with Crippen molar-refractivity contribution in [3.63, 3.8) is 0 Å². The quantitative estimate of drug-likeness (QED) is 0.843. The largest absolute Gasteiger partial charge is 0.508 e. The van der Waals surface area contributed by atoms with Gasteiger partial charge in [-0.2, -0.15) is 0 Å². The van der Waals surface area contributed by atoms with Gasteiger partial charge in [0.25, 0.3) is 0 Å². The zero-order valence-electron chi connectivity index (χ0n) is 11.4. The van der Waals surface area contributed by atoms with Crippen molar-refractivity contribution in [3.05, 3.63) is 47.0 Å². The van der Waals surface area contributed by atoms with Gasteiger partial charge in [-0.05, 0) is 56.1 Å². The summed E-state index contributed by atoms with van der Waals surface area (Å²) in [7, 11) is 3.99. The predicted octanol–water partition coefficient (Wildman–Crippen LogP) is 3.84. The molecular formula is C15H17ClN2OS. The summed E-state index contributed by atoms with van der Waals surface area (Å²) in [5.41, 5.74) is 7.71. The fraction of sp³-hybridized carbons (Fsp3) is 0.200. The van der Waals surface area contributed by atoms with Gasteiger partial charge < -0.3 is 15.7 Å². The smallest absolute Gasteiger partial charge is 0.115 e. The average Bonchev–Trinajstić information content (AvgIpc) is 2.34. The zero-order chi connectivity index (χ0) is 14.7. The van der Waals surface area contributed by atoms with E-state index >= 15 is 0 Å². The SMILES string of the molecule is CN(C)Cc1cc(O)ccc1Sc1ccc(Cl)cc1N. The molecule has 2 rings (SSSR count). The van der Waals surface area contributed by atoms with Crippen molar-refractivity contribution in [2.75, 3.05) is 19.8 Å². The molecule has 0 unspecified atom stereocenters. The van der Waals surface area contributed by atoms with E-state index in [1.54, 1.807) is 30.0 Å². The molecule has 0 aromatic heterocycles.